The number of rotatable bonds is 71. The van der Waals surface area contributed by atoms with Crippen LogP contribution >= 0.6 is 0 Å². The number of esters is 2. The molecule has 105 heavy (non-hydrogen) atoms. The normalized spacial score (nSPS) is 14.1. The highest BCUT2D eigenvalue weighted by atomic mass is 16.7. The van der Waals surface area contributed by atoms with Crippen molar-refractivity contribution >= 4 is 17.9 Å². The number of allylic oxidation sites excluding steroid dienone is 44. The lowest BCUT2D eigenvalue weighted by Gasteiger charge is -2.26. The first kappa shape index (κ1) is 97.6. The minimum absolute atomic E-state index is 0.127. The van der Waals surface area contributed by atoms with Crippen molar-refractivity contribution in [1.29, 1.82) is 0 Å². The van der Waals surface area contributed by atoms with Crippen LogP contribution in [-0.2, 0) is 33.3 Å². The zero-order chi connectivity index (χ0) is 76.0. The summed E-state index contributed by atoms with van der Waals surface area (Å²) in [5.41, 5.74) is 0. The molecule has 0 saturated heterocycles. The Hall–Kier alpha value is -7.43. The summed E-state index contributed by atoms with van der Waals surface area (Å²) in [5.74, 6) is -2.35. The van der Waals surface area contributed by atoms with E-state index in [1.165, 1.54) is 12.8 Å². The third kappa shape index (κ3) is 83.7. The smallest absolute Gasteiger partial charge is 0.306 e. The maximum Gasteiger partial charge on any atom is 0.306 e. The largest absolute Gasteiger partial charge is 0.545 e. The van der Waals surface area contributed by atoms with E-state index in [9.17, 15) is 19.5 Å². The number of carbonyl (C=O) groups excluding carboxylic acids is 3. The third-order valence-electron chi connectivity index (χ3n) is 16.0. The van der Waals surface area contributed by atoms with E-state index in [4.69, 9.17) is 18.9 Å². The SMILES string of the molecule is CC/C=C\C/C=C\C/C=C\C/C=C\C/C=C\C/C=C\C/C=C\C/C=C\C/C=C\C/C=C\C/C=C\CCCCCCCCCC(=O)OC(COC(=O)CCCCCCC/C=C\C/C=C\C/C=C\C/C=C\C/C=C\C/C=C\C/C=C\C/C=C\C/C=C\C/C=C\C/C=C\CC)COC(OCC[N+](C)(C)C)C(=O)[O-]. The molecule has 0 N–H and O–H groups in total. The predicted molar refractivity (Wildman–Crippen MR) is 452 cm³/mol. The first-order valence-electron chi connectivity index (χ1n) is 40.5. The van der Waals surface area contributed by atoms with E-state index in [2.05, 4.69) is 281 Å². The number of quaternary nitrogens is 1. The first-order chi connectivity index (χ1) is 51.6. The van der Waals surface area contributed by atoms with Crippen molar-refractivity contribution in [2.45, 2.75) is 270 Å². The van der Waals surface area contributed by atoms with Crippen molar-refractivity contribution in [3.63, 3.8) is 0 Å². The van der Waals surface area contributed by atoms with Gasteiger partial charge in [0.05, 0.1) is 40.3 Å². The molecule has 9 heteroatoms. The predicted octanol–water partition coefficient (Wildman–Crippen LogP) is 25.4. The Kier molecular flexibility index (Phi) is 76.4. The van der Waals surface area contributed by atoms with E-state index in [1.54, 1.807) is 0 Å². The summed E-state index contributed by atoms with van der Waals surface area (Å²) in [6.07, 6.45) is 132. The van der Waals surface area contributed by atoms with Crippen LogP contribution in [0.1, 0.15) is 258 Å². The monoisotopic (exact) mass is 1440 g/mol. The van der Waals surface area contributed by atoms with E-state index >= 15 is 0 Å². The van der Waals surface area contributed by atoms with Crippen LogP contribution < -0.4 is 5.11 Å². The van der Waals surface area contributed by atoms with Crippen molar-refractivity contribution in [2.75, 3.05) is 47.5 Å². The summed E-state index contributed by atoms with van der Waals surface area (Å²) >= 11 is 0. The maximum absolute atomic E-state index is 13.0. The average molecular weight is 1440 g/mol. The molecule has 0 rings (SSSR count). The molecule has 0 saturated carbocycles. The first-order valence-corrected chi connectivity index (χ1v) is 40.5. The van der Waals surface area contributed by atoms with Gasteiger partial charge in [-0.15, -0.1) is 0 Å². The Morgan fingerprint density at radius 3 is 0.762 bits per heavy atom. The minimum atomic E-state index is -1.65. The lowest BCUT2D eigenvalue weighted by atomic mass is 10.1. The van der Waals surface area contributed by atoms with E-state index in [1.807, 2.05) is 21.1 Å². The second kappa shape index (κ2) is 82.2. The van der Waals surface area contributed by atoms with Gasteiger partial charge < -0.3 is 33.3 Å². The zero-order valence-corrected chi connectivity index (χ0v) is 66.5. The second-order valence-corrected chi connectivity index (χ2v) is 26.9. The fraction of sp³-hybridized carbons (Fsp3) is 0.510. The molecule has 0 aliphatic carbocycles. The number of carboxylic acid groups (broad SMARTS) is 1. The van der Waals surface area contributed by atoms with Crippen molar-refractivity contribution in [3.8, 4) is 0 Å². The summed E-state index contributed by atoms with van der Waals surface area (Å²) in [7, 11) is 5.90. The van der Waals surface area contributed by atoms with E-state index in [0.29, 0.717) is 23.9 Å². The van der Waals surface area contributed by atoms with Crippen molar-refractivity contribution < 1.29 is 42.9 Å². The fourth-order valence-electron chi connectivity index (χ4n) is 9.90. The molecule has 0 radical (unpaired) electrons. The Bertz CT molecular complexity index is 2740. The number of likely N-dealkylation sites (N-methyl/N-ethyl adjacent to an activating group) is 1. The summed E-state index contributed by atoms with van der Waals surface area (Å²) in [6, 6.07) is 0. The summed E-state index contributed by atoms with van der Waals surface area (Å²) in [4.78, 5) is 37.6. The van der Waals surface area contributed by atoms with E-state index < -0.39 is 30.3 Å². The van der Waals surface area contributed by atoms with Crippen LogP contribution in [0.4, 0.5) is 0 Å². The molecule has 2 atom stereocenters. The molecule has 2 unspecified atom stereocenters. The highest BCUT2D eigenvalue weighted by Crippen LogP contribution is 2.14. The third-order valence-corrected chi connectivity index (χ3v) is 16.0. The van der Waals surface area contributed by atoms with Gasteiger partial charge in [0, 0.05) is 12.8 Å². The Balaban J connectivity index is 4.24. The minimum Gasteiger partial charge on any atom is -0.545 e. The molecule has 0 amide bonds. The number of hydrogen-bond acceptors (Lipinski definition) is 8. The number of unbranched alkanes of at least 4 members (excludes halogenated alkanes) is 12. The molecular weight excluding hydrogens is 1300 g/mol. The molecule has 0 aromatic carbocycles. The number of carbonyl (C=O) groups is 3. The van der Waals surface area contributed by atoms with Gasteiger partial charge >= 0.3 is 11.9 Å². The van der Waals surface area contributed by atoms with Crippen LogP contribution in [0.3, 0.4) is 0 Å². The standard InChI is InChI=1S/C96H145NO8/c1-6-8-10-12-14-16-18-20-22-24-26-28-30-32-34-36-38-40-42-44-46-47-49-51-53-55-57-59-61-63-65-67-69-71-73-75-77-79-81-83-85-87-94(99)105-92(91-104-96(95(100)101)102-89-88-97(3,4)5)90-103-93(98)86-84-82-80-78-76-74-72-70-68-66-64-62-60-58-56-54-52-50-48-45-43-41-39-37-35-33-31-29-27-25-23-21-19-17-15-13-11-9-7-2/h8-11,14-17,20-23,26-29,32-35,38-41,44-46,48-49,51-52,54-55,57-58,60-61,63-64,66-67,69-70,72,92,96H,6-7,12-13,18-19,24-25,30-31,36-37,42-43,47,50,53,56,59,62,65,68,71,73-91H2,1-5H3/b10-8-,11-9-,16-14-,17-15-,22-20-,23-21-,28-26-,29-27-,34-32-,35-33-,40-38-,41-39-,46-44-,48-45-,51-49-,54-52-,57-55-,60-58-,63-61-,66-64-,69-67-,72-70-. The molecule has 0 aliphatic rings. The van der Waals surface area contributed by atoms with Crippen molar-refractivity contribution in [2.24, 2.45) is 0 Å². The quantitative estimate of drug-likeness (QED) is 0.0195. The van der Waals surface area contributed by atoms with Crippen LogP contribution in [-0.4, -0.2) is 82.3 Å². The molecule has 0 aromatic rings. The van der Waals surface area contributed by atoms with Crippen LogP contribution in [0.5, 0.6) is 0 Å². The average Bonchev–Trinajstić information content (AvgIpc) is 1.18. The van der Waals surface area contributed by atoms with Crippen LogP contribution in [0.25, 0.3) is 0 Å². The van der Waals surface area contributed by atoms with Gasteiger partial charge in [-0.1, -0.05) is 333 Å². The Labute approximate surface area is 642 Å². The number of ether oxygens (including phenoxy) is 4. The van der Waals surface area contributed by atoms with Crippen LogP contribution in [0.2, 0.25) is 0 Å². The van der Waals surface area contributed by atoms with Gasteiger partial charge in [-0.05, 0) is 180 Å². The van der Waals surface area contributed by atoms with Gasteiger partial charge in [0.1, 0.15) is 13.2 Å². The van der Waals surface area contributed by atoms with Crippen molar-refractivity contribution in [1.82, 2.24) is 0 Å². The molecule has 9 nitrogen and oxygen atoms in total. The lowest BCUT2D eigenvalue weighted by Crippen LogP contribution is -2.44. The highest BCUT2D eigenvalue weighted by Gasteiger charge is 2.22. The lowest BCUT2D eigenvalue weighted by molar-refractivity contribution is -0.870. The summed E-state index contributed by atoms with van der Waals surface area (Å²) in [5, 5.41) is 11.9. The number of carboxylic acids is 1. The Morgan fingerprint density at radius 1 is 0.286 bits per heavy atom. The van der Waals surface area contributed by atoms with Crippen LogP contribution in [0.15, 0.2) is 267 Å². The molecule has 582 valence electrons. The summed E-state index contributed by atoms with van der Waals surface area (Å²) < 4.78 is 22.8. The van der Waals surface area contributed by atoms with Gasteiger partial charge in [0.15, 0.2) is 12.4 Å². The summed E-state index contributed by atoms with van der Waals surface area (Å²) in [6.45, 7) is 4.45. The van der Waals surface area contributed by atoms with Crippen molar-refractivity contribution in [3.05, 3.63) is 267 Å². The molecule has 0 heterocycles. The number of nitrogens with zero attached hydrogens (tertiary/aromatic N) is 1. The topological polar surface area (TPSA) is 111 Å². The van der Waals surface area contributed by atoms with Gasteiger partial charge in [0.2, 0.25) is 0 Å². The Morgan fingerprint density at radius 2 is 0.514 bits per heavy atom. The van der Waals surface area contributed by atoms with Crippen LogP contribution in [0, 0.1) is 0 Å². The second-order valence-electron chi connectivity index (χ2n) is 26.9. The van der Waals surface area contributed by atoms with Gasteiger partial charge in [-0.25, -0.2) is 0 Å². The zero-order valence-electron chi connectivity index (χ0n) is 66.5. The fourth-order valence-corrected chi connectivity index (χ4v) is 9.90. The number of aliphatic carboxylic acids is 1. The molecule has 0 aliphatic heterocycles. The molecule has 0 aromatic heterocycles. The molecule has 0 fully saturated rings. The highest BCUT2D eigenvalue weighted by molar-refractivity contribution is 5.70. The van der Waals surface area contributed by atoms with Gasteiger partial charge in [-0.3, -0.25) is 9.59 Å². The van der Waals surface area contributed by atoms with E-state index in [0.717, 1.165) is 205 Å². The van der Waals surface area contributed by atoms with E-state index in [-0.39, 0.29) is 32.7 Å². The van der Waals surface area contributed by atoms with Gasteiger partial charge in [-0.2, -0.15) is 0 Å². The molecule has 0 spiro atoms. The number of hydrogen-bond donors (Lipinski definition) is 0. The molecule has 0 bridgehead atoms. The van der Waals surface area contributed by atoms with Gasteiger partial charge in [0.25, 0.3) is 0 Å². The molecular formula is C96H145NO8. The maximum atomic E-state index is 13.0.